The first-order valence-electron chi connectivity index (χ1n) is 17.2. The van der Waals surface area contributed by atoms with Gasteiger partial charge in [-0.3, -0.25) is 19.0 Å². The summed E-state index contributed by atoms with van der Waals surface area (Å²) in [5, 5.41) is 32.9. The summed E-state index contributed by atoms with van der Waals surface area (Å²) in [6, 6.07) is 18.2. The number of aliphatic carboxylic acids is 1. The Kier molecular flexibility index (Phi) is 8.47. The van der Waals surface area contributed by atoms with E-state index < -0.39 is 5.97 Å². The van der Waals surface area contributed by atoms with E-state index in [1.807, 2.05) is 48.8 Å². The van der Waals surface area contributed by atoms with E-state index in [0.717, 1.165) is 63.4 Å². The van der Waals surface area contributed by atoms with Gasteiger partial charge >= 0.3 is 5.97 Å². The number of carboxylic acid groups (broad SMARTS) is 1. The lowest BCUT2D eigenvalue weighted by Gasteiger charge is -2.16. The molecular weight excluding hydrogens is 644 g/mol. The highest BCUT2D eigenvalue weighted by atomic mass is 16.4. The molecule has 6 aromatic rings. The van der Waals surface area contributed by atoms with Crippen molar-refractivity contribution in [2.75, 3.05) is 31.5 Å². The molecule has 0 unspecified atom stereocenters. The normalized spacial score (nSPS) is 18.2. The number of aliphatic hydroxyl groups is 1. The molecule has 3 aromatic heterocycles. The number of anilines is 2. The number of imidazole rings is 1. The lowest BCUT2D eigenvalue weighted by molar-refractivity contribution is -0.141. The van der Waals surface area contributed by atoms with Crippen LogP contribution < -0.4 is 5.32 Å². The molecule has 0 bridgehead atoms. The molecule has 2 saturated heterocycles. The summed E-state index contributed by atoms with van der Waals surface area (Å²) in [7, 11) is 0. The van der Waals surface area contributed by atoms with Crippen LogP contribution in [0.1, 0.15) is 40.8 Å². The summed E-state index contributed by atoms with van der Waals surface area (Å²) in [5.74, 6) is -0.0414. The van der Waals surface area contributed by atoms with Gasteiger partial charge in [0, 0.05) is 56.4 Å². The van der Waals surface area contributed by atoms with Gasteiger partial charge in [-0.15, -0.1) is 0 Å². The van der Waals surface area contributed by atoms with Crippen molar-refractivity contribution in [3.05, 3.63) is 95.1 Å². The van der Waals surface area contributed by atoms with Gasteiger partial charge in [-0.05, 0) is 85.3 Å². The minimum atomic E-state index is -0.767. The molecule has 51 heavy (non-hydrogen) atoms. The van der Waals surface area contributed by atoms with Gasteiger partial charge < -0.3 is 19.9 Å². The van der Waals surface area contributed by atoms with Crippen LogP contribution >= 0.6 is 0 Å². The molecule has 0 saturated carbocycles. The number of carbonyl (C=O) groups is 1. The number of nitrogens with one attached hydrogen (secondary N) is 1. The highest BCUT2D eigenvalue weighted by molar-refractivity contribution is 5.86. The molecule has 3 aromatic carbocycles. The second-order valence-electron chi connectivity index (χ2n) is 13.7. The maximum absolute atomic E-state index is 11.5. The number of aromatic nitrogens is 4. The molecular formula is C39H38N8O4. The Bertz CT molecular complexity index is 2340. The second-order valence-corrected chi connectivity index (χ2v) is 13.7. The number of fused-ring (bicyclic) bond motifs is 2. The highest BCUT2D eigenvalue weighted by Gasteiger charge is 2.28. The molecule has 2 aliphatic heterocycles. The van der Waals surface area contributed by atoms with Crippen LogP contribution in [0.15, 0.2) is 71.5 Å². The first-order valence-corrected chi connectivity index (χ1v) is 17.2. The monoisotopic (exact) mass is 682 g/mol. The van der Waals surface area contributed by atoms with E-state index in [4.69, 9.17) is 14.4 Å². The van der Waals surface area contributed by atoms with Crippen molar-refractivity contribution < 1.29 is 19.4 Å². The topological polar surface area (TPSA) is 156 Å². The van der Waals surface area contributed by atoms with Crippen molar-refractivity contribution in [1.82, 2.24) is 29.2 Å². The van der Waals surface area contributed by atoms with Crippen LogP contribution in [0.5, 0.6) is 0 Å². The number of aliphatic hydroxyl groups excluding tert-OH is 1. The van der Waals surface area contributed by atoms with Crippen LogP contribution in [-0.4, -0.2) is 77.6 Å². The number of hydrogen-bond donors (Lipinski definition) is 3. The third-order valence-corrected chi connectivity index (χ3v) is 10.3. The third-order valence-electron chi connectivity index (χ3n) is 10.3. The van der Waals surface area contributed by atoms with Gasteiger partial charge in [0.05, 0.1) is 29.5 Å². The first-order chi connectivity index (χ1) is 24.7. The van der Waals surface area contributed by atoms with E-state index in [-0.39, 0.29) is 12.0 Å². The lowest BCUT2D eigenvalue weighted by Crippen LogP contribution is -2.22. The number of nitriles is 1. The second kappa shape index (κ2) is 13.3. The van der Waals surface area contributed by atoms with Crippen molar-refractivity contribution in [2.45, 2.75) is 45.9 Å². The summed E-state index contributed by atoms with van der Waals surface area (Å²) in [4.78, 5) is 30.0. The molecule has 2 aliphatic rings. The fourth-order valence-electron chi connectivity index (χ4n) is 7.53. The summed E-state index contributed by atoms with van der Waals surface area (Å²) in [6.07, 6.45) is 6.71. The first kappa shape index (κ1) is 32.6. The summed E-state index contributed by atoms with van der Waals surface area (Å²) in [5.41, 5.74) is 9.97. The fourth-order valence-corrected chi connectivity index (χ4v) is 7.53. The molecule has 12 nitrogen and oxygen atoms in total. The Morgan fingerprint density at radius 3 is 2.53 bits per heavy atom. The van der Waals surface area contributed by atoms with Crippen LogP contribution in [-0.2, 0) is 17.9 Å². The fraction of sp³-hybridized carbons (Fsp3) is 0.308. The van der Waals surface area contributed by atoms with Gasteiger partial charge in [0.25, 0.3) is 0 Å². The van der Waals surface area contributed by atoms with Gasteiger partial charge in [-0.25, -0.2) is 15.0 Å². The summed E-state index contributed by atoms with van der Waals surface area (Å²) in [6.45, 7) is 8.11. The van der Waals surface area contributed by atoms with Crippen molar-refractivity contribution in [3.8, 4) is 28.7 Å². The van der Waals surface area contributed by atoms with Gasteiger partial charge in [0.2, 0.25) is 5.89 Å². The predicted octanol–water partition coefficient (Wildman–Crippen LogP) is 5.91. The number of oxazole rings is 1. The molecule has 0 aliphatic carbocycles. The van der Waals surface area contributed by atoms with E-state index in [1.165, 1.54) is 0 Å². The maximum atomic E-state index is 11.5. The Morgan fingerprint density at radius 2 is 1.76 bits per heavy atom. The number of benzene rings is 3. The van der Waals surface area contributed by atoms with Crippen LogP contribution in [0.25, 0.3) is 39.3 Å². The van der Waals surface area contributed by atoms with E-state index in [1.54, 1.807) is 6.20 Å². The Morgan fingerprint density at radius 1 is 1.00 bits per heavy atom. The molecule has 0 spiro atoms. The van der Waals surface area contributed by atoms with E-state index in [0.29, 0.717) is 67.5 Å². The van der Waals surface area contributed by atoms with Crippen molar-refractivity contribution in [2.24, 2.45) is 5.92 Å². The molecule has 0 radical (unpaired) electrons. The third kappa shape index (κ3) is 6.20. The van der Waals surface area contributed by atoms with E-state index in [9.17, 15) is 20.3 Å². The zero-order valence-electron chi connectivity index (χ0n) is 28.5. The van der Waals surface area contributed by atoms with Gasteiger partial charge in [-0.1, -0.05) is 24.3 Å². The molecule has 3 N–H and O–H groups in total. The maximum Gasteiger partial charge on any atom is 0.307 e. The number of hydrogen-bond acceptors (Lipinski definition) is 10. The number of carboxylic acids is 1. The predicted molar refractivity (Wildman–Crippen MR) is 192 cm³/mol. The van der Waals surface area contributed by atoms with Gasteiger partial charge in [0.1, 0.15) is 11.6 Å². The summed E-state index contributed by atoms with van der Waals surface area (Å²) < 4.78 is 8.32. The SMILES string of the molecule is Cc1c(Nc2nccn3c(CN4CC[C@H](O)C4)cnc23)cccc1-c1cccc(-c2nc3cc(CN4CC[C@H](C(=O)O)C4)cc(C#N)c3o2)c1C. The standard InChI is InChI=1S/C39H38N8O4/c1-23-30(5-3-7-32(23)38-44-34-16-25(15-27(17-40)35(34)51-38)19-45-12-9-26(20-45)39(49)50)31-6-4-8-33(24(31)2)43-36-37-42-18-28(47(37)14-11-41-36)21-46-13-10-29(48)22-46/h3-8,11,14-16,18,26,29,48H,9-10,12-13,19-22H2,1-2H3,(H,41,43)(H,49,50)/t26-,29-/m0/s1. The highest BCUT2D eigenvalue weighted by Crippen LogP contribution is 2.37. The Hall–Kier alpha value is -5.61. The van der Waals surface area contributed by atoms with E-state index in [2.05, 4.69) is 56.6 Å². The quantitative estimate of drug-likeness (QED) is 0.167. The largest absolute Gasteiger partial charge is 0.481 e. The average molecular weight is 683 g/mol. The van der Waals surface area contributed by atoms with Crippen LogP contribution in [0.4, 0.5) is 11.5 Å². The lowest BCUT2D eigenvalue weighted by atomic mass is 9.93. The number of β-amino-alcohol motifs (C(OH)–C–C–N with tert-alkyl or cyclic N) is 1. The molecule has 2 atom stereocenters. The van der Waals surface area contributed by atoms with Crippen molar-refractivity contribution in [3.63, 3.8) is 0 Å². The molecule has 8 rings (SSSR count). The molecule has 0 amide bonds. The van der Waals surface area contributed by atoms with Crippen molar-refractivity contribution >= 4 is 34.2 Å². The molecule has 258 valence electrons. The zero-order chi connectivity index (χ0) is 35.2. The molecule has 2 fully saturated rings. The van der Waals surface area contributed by atoms with E-state index >= 15 is 0 Å². The minimum Gasteiger partial charge on any atom is -0.481 e. The zero-order valence-corrected chi connectivity index (χ0v) is 28.5. The summed E-state index contributed by atoms with van der Waals surface area (Å²) >= 11 is 0. The Labute approximate surface area is 294 Å². The van der Waals surface area contributed by atoms with Crippen LogP contribution in [0.3, 0.4) is 0 Å². The van der Waals surface area contributed by atoms with Gasteiger partial charge in [-0.2, -0.15) is 5.26 Å². The number of likely N-dealkylation sites (tertiary alicyclic amines) is 2. The van der Waals surface area contributed by atoms with Crippen molar-refractivity contribution in [1.29, 1.82) is 5.26 Å². The number of rotatable bonds is 9. The smallest absolute Gasteiger partial charge is 0.307 e. The minimum absolute atomic E-state index is 0.273. The number of nitrogens with zero attached hydrogens (tertiary/aromatic N) is 7. The van der Waals surface area contributed by atoms with Crippen LogP contribution in [0.2, 0.25) is 0 Å². The Balaban J connectivity index is 1.07. The van der Waals surface area contributed by atoms with Gasteiger partial charge in [0.15, 0.2) is 17.0 Å². The average Bonchev–Trinajstić information content (AvgIpc) is 3.94. The van der Waals surface area contributed by atoms with Crippen LogP contribution in [0, 0.1) is 31.1 Å². The molecule has 12 heteroatoms. The molecule has 5 heterocycles.